The van der Waals surface area contributed by atoms with Crippen LogP contribution in [-0.4, -0.2) is 34.6 Å². The lowest BCUT2D eigenvalue weighted by Gasteiger charge is -2.01. The van der Waals surface area contributed by atoms with Crippen molar-refractivity contribution in [2.75, 3.05) is 20.3 Å². The summed E-state index contributed by atoms with van der Waals surface area (Å²) in [6.45, 7) is 0.918. The molecule has 0 atom stereocenters. The SMILES string of the molecule is COCCNC(=O)c1cc2c(s1)CS(=O)(=O)C2. The summed E-state index contributed by atoms with van der Waals surface area (Å²) in [6, 6.07) is 1.67. The van der Waals surface area contributed by atoms with Crippen molar-refractivity contribution in [2.24, 2.45) is 0 Å². The van der Waals surface area contributed by atoms with E-state index in [1.54, 1.807) is 13.2 Å². The van der Waals surface area contributed by atoms with Crippen LogP contribution in [0.5, 0.6) is 0 Å². The Morgan fingerprint density at radius 2 is 2.29 bits per heavy atom. The first-order valence-electron chi connectivity index (χ1n) is 5.11. The van der Waals surface area contributed by atoms with E-state index in [1.165, 1.54) is 11.3 Å². The van der Waals surface area contributed by atoms with Gasteiger partial charge in [-0.1, -0.05) is 0 Å². The summed E-state index contributed by atoms with van der Waals surface area (Å²) in [6.07, 6.45) is 0. The third-order valence-electron chi connectivity index (χ3n) is 2.44. The second-order valence-electron chi connectivity index (χ2n) is 3.84. The van der Waals surface area contributed by atoms with Crippen molar-refractivity contribution in [3.8, 4) is 0 Å². The van der Waals surface area contributed by atoms with E-state index in [-0.39, 0.29) is 17.4 Å². The van der Waals surface area contributed by atoms with E-state index in [2.05, 4.69) is 5.32 Å². The second kappa shape index (κ2) is 4.75. The molecule has 5 nitrogen and oxygen atoms in total. The van der Waals surface area contributed by atoms with Gasteiger partial charge in [0.15, 0.2) is 9.84 Å². The van der Waals surface area contributed by atoms with Crippen molar-refractivity contribution in [1.82, 2.24) is 5.32 Å². The quantitative estimate of drug-likeness (QED) is 0.815. The lowest BCUT2D eigenvalue weighted by molar-refractivity contribution is 0.0941. The first-order chi connectivity index (χ1) is 8.02. The molecule has 2 rings (SSSR count). The van der Waals surface area contributed by atoms with Gasteiger partial charge < -0.3 is 10.1 Å². The molecule has 0 spiro atoms. The minimum Gasteiger partial charge on any atom is -0.383 e. The maximum absolute atomic E-state index is 11.7. The first-order valence-corrected chi connectivity index (χ1v) is 7.75. The summed E-state index contributed by atoms with van der Waals surface area (Å²) in [5.41, 5.74) is 0.770. The summed E-state index contributed by atoms with van der Waals surface area (Å²) in [5.74, 6) is -0.0402. The van der Waals surface area contributed by atoms with Gasteiger partial charge in [-0.25, -0.2) is 8.42 Å². The van der Waals surface area contributed by atoms with Gasteiger partial charge in [0.2, 0.25) is 0 Å². The van der Waals surface area contributed by atoms with Gasteiger partial charge in [-0.05, 0) is 11.6 Å². The molecule has 0 radical (unpaired) electrons. The fraction of sp³-hybridized carbons (Fsp3) is 0.500. The lowest BCUT2D eigenvalue weighted by atomic mass is 10.3. The Bertz CT molecular complexity index is 503. The van der Waals surface area contributed by atoms with Crippen LogP contribution in [0, 0.1) is 0 Å². The van der Waals surface area contributed by atoms with Gasteiger partial charge in [-0.15, -0.1) is 11.3 Å². The maximum atomic E-state index is 11.7. The number of nitrogens with one attached hydrogen (secondary N) is 1. The fourth-order valence-electron chi connectivity index (χ4n) is 1.66. The number of ether oxygens (including phenoxy) is 1. The molecule has 0 saturated carbocycles. The van der Waals surface area contributed by atoms with Crippen LogP contribution in [0.2, 0.25) is 0 Å². The minimum atomic E-state index is -2.97. The highest BCUT2D eigenvalue weighted by molar-refractivity contribution is 7.90. The normalized spacial score (nSPS) is 16.8. The van der Waals surface area contributed by atoms with E-state index in [0.29, 0.717) is 18.0 Å². The Kier molecular flexibility index (Phi) is 3.50. The molecule has 0 aromatic carbocycles. The molecule has 0 aliphatic carbocycles. The zero-order valence-corrected chi connectivity index (χ0v) is 11.0. The molecule has 7 heteroatoms. The maximum Gasteiger partial charge on any atom is 0.261 e. The van der Waals surface area contributed by atoms with Crippen molar-refractivity contribution >= 4 is 27.1 Å². The monoisotopic (exact) mass is 275 g/mol. The van der Waals surface area contributed by atoms with Gasteiger partial charge in [0, 0.05) is 18.5 Å². The third kappa shape index (κ3) is 2.85. The van der Waals surface area contributed by atoms with E-state index in [1.807, 2.05) is 0 Å². The van der Waals surface area contributed by atoms with E-state index in [4.69, 9.17) is 4.74 Å². The highest BCUT2D eigenvalue weighted by Gasteiger charge is 2.28. The van der Waals surface area contributed by atoms with Crippen LogP contribution in [-0.2, 0) is 26.1 Å². The molecular formula is C10H13NO4S2. The third-order valence-corrected chi connectivity index (χ3v) is 5.28. The zero-order valence-electron chi connectivity index (χ0n) is 9.36. The highest BCUT2D eigenvalue weighted by Crippen LogP contribution is 2.32. The van der Waals surface area contributed by atoms with Gasteiger partial charge in [0.1, 0.15) is 0 Å². The molecule has 1 aliphatic rings. The molecule has 0 saturated heterocycles. The Labute approximate surface area is 104 Å². The fourth-order valence-corrected chi connectivity index (χ4v) is 4.84. The lowest BCUT2D eigenvalue weighted by Crippen LogP contribution is -2.26. The van der Waals surface area contributed by atoms with Crippen molar-refractivity contribution in [3.63, 3.8) is 0 Å². The van der Waals surface area contributed by atoms with E-state index in [0.717, 1.165) is 10.4 Å². The first kappa shape index (κ1) is 12.5. The summed E-state index contributed by atoms with van der Waals surface area (Å²) >= 11 is 1.26. The molecule has 0 unspecified atom stereocenters. The smallest absolute Gasteiger partial charge is 0.261 e. The predicted molar refractivity (Wildman–Crippen MR) is 64.9 cm³/mol. The van der Waals surface area contributed by atoms with Crippen LogP contribution in [0.3, 0.4) is 0 Å². The highest BCUT2D eigenvalue weighted by atomic mass is 32.2. The minimum absolute atomic E-state index is 0.0597. The standard InChI is InChI=1S/C10H13NO4S2/c1-15-3-2-11-10(12)8-4-7-5-17(13,14)6-9(7)16-8/h4H,2-3,5-6H2,1H3,(H,11,12). The number of methoxy groups -OCH3 is 1. The molecule has 17 heavy (non-hydrogen) atoms. The van der Waals surface area contributed by atoms with Crippen LogP contribution < -0.4 is 5.32 Å². The molecule has 1 aliphatic heterocycles. The van der Waals surface area contributed by atoms with Crippen LogP contribution in [0.15, 0.2) is 6.07 Å². The number of hydrogen-bond donors (Lipinski definition) is 1. The largest absolute Gasteiger partial charge is 0.383 e. The molecule has 1 N–H and O–H groups in total. The van der Waals surface area contributed by atoms with E-state index >= 15 is 0 Å². The molecule has 0 fully saturated rings. The zero-order chi connectivity index (χ0) is 12.5. The number of carbonyl (C=O) groups is 1. The van der Waals surface area contributed by atoms with Gasteiger partial charge in [-0.3, -0.25) is 4.79 Å². The molecule has 0 bridgehead atoms. The molecule has 2 heterocycles. The Hall–Kier alpha value is -0.920. The average Bonchev–Trinajstić information content (AvgIpc) is 2.71. The molecule has 1 aromatic rings. The number of hydrogen-bond acceptors (Lipinski definition) is 5. The Morgan fingerprint density at radius 3 is 2.94 bits per heavy atom. The van der Waals surface area contributed by atoms with Gasteiger partial charge in [0.25, 0.3) is 5.91 Å². The summed E-state index contributed by atoms with van der Waals surface area (Å²) in [7, 11) is -1.40. The van der Waals surface area contributed by atoms with Crippen molar-refractivity contribution < 1.29 is 17.9 Å². The predicted octanol–water partition coefficient (Wildman–Crippen LogP) is 0.553. The second-order valence-corrected chi connectivity index (χ2v) is 7.04. The van der Waals surface area contributed by atoms with Gasteiger partial charge in [-0.2, -0.15) is 0 Å². The van der Waals surface area contributed by atoms with Crippen LogP contribution >= 0.6 is 11.3 Å². The molecule has 1 amide bonds. The molecule has 94 valence electrons. The van der Waals surface area contributed by atoms with Gasteiger partial charge >= 0.3 is 0 Å². The van der Waals surface area contributed by atoms with Crippen molar-refractivity contribution in [2.45, 2.75) is 11.5 Å². The van der Waals surface area contributed by atoms with Crippen molar-refractivity contribution in [3.05, 3.63) is 21.4 Å². The summed E-state index contributed by atoms with van der Waals surface area (Å²) in [5, 5.41) is 2.71. The number of sulfone groups is 1. The van der Waals surface area contributed by atoms with E-state index < -0.39 is 9.84 Å². The number of carbonyl (C=O) groups excluding carboxylic acids is 1. The number of amides is 1. The van der Waals surface area contributed by atoms with E-state index in [9.17, 15) is 13.2 Å². The van der Waals surface area contributed by atoms with Gasteiger partial charge in [0.05, 0.1) is 23.0 Å². The van der Waals surface area contributed by atoms with Crippen molar-refractivity contribution in [1.29, 1.82) is 0 Å². The van der Waals surface area contributed by atoms with Crippen LogP contribution in [0.1, 0.15) is 20.1 Å². The topological polar surface area (TPSA) is 72.5 Å². The number of fused-ring (bicyclic) bond motifs is 1. The number of thiophene rings is 1. The Morgan fingerprint density at radius 1 is 1.53 bits per heavy atom. The average molecular weight is 275 g/mol. The Balaban J connectivity index is 2.03. The van der Waals surface area contributed by atoms with Crippen LogP contribution in [0.4, 0.5) is 0 Å². The summed E-state index contributed by atoms with van der Waals surface area (Å²) in [4.78, 5) is 13.0. The molecule has 1 aromatic heterocycles. The summed E-state index contributed by atoms with van der Waals surface area (Å²) < 4.78 is 27.5. The number of rotatable bonds is 4. The molecular weight excluding hydrogens is 262 g/mol. The van der Waals surface area contributed by atoms with Crippen LogP contribution in [0.25, 0.3) is 0 Å².